The van der Waals surface area contributed by atoms with Gasteiger partial charge in [-0.1, -0.05) is 38.8 Å². The highest BCUT2D eigenvalue weighted by molar-refractivity contribution is 5.90. The molecule has 2 saturated heterocycles. The molecule has 1 aromatic rings. The number of piperidine rings is 1. The molecule has 0 radical (unpaired) electrons. The van der Waals surface area contributed by atoms with Crippen LogP contribution in [0.5, 0.6) is 0 Å². The van der Waals surface area contributed by atoms with Crippen molar-refractivity contribution in [1.82, 2.24) is 15.5 Å². The normalized spacial score (nSPS) is 25.6. The molecule has 2 amide bonds. The first kappa shape index (κ1) is 26.6. The van der Waals surface area contributed by atoms with Crippen molar-refractivity contribution in [2.24, 2.45) is 11.3 Å². The number of amides is 2. The number of halogens is 1. The molecule has 2 aliphatic rings. The SMILES string of the molecule is CC(C)C[C@@H]1NC(=O)C2(CCCCCOC[C@@H](C)NC1=O)CCN(Cc1cccc(F)c1)CC2. The molecular weight excluding hydrogens is 433 g/mol. The predicted molar refractivity (Wildman–Crippen MR) is 132 cm³/mol. The van der Waals surface area contributed by atoms with Gasteiger partial charge in [-0.25, -0.2) is 4.39 Å². The third-order valence-electron chi connectivity index (χ3n) is 7.12. The Balaban J connectivity index is 1.71. The zero-order valence-corrected chi connectivity index (χ0v) is 21.1. The van der Waals surface area contributed by atoms with E-state index >= 15 is 0 Å². The Morgan fingerprint density at radius 3 is 2.59 bits per heavy atom. The molecule has 2 atom stereocenters. The van der Waals surface area contributed by atoms with Gasteiger partial charge in [-0.2, -0.15) is 0 Å². The Morgan fingerprint density at radius 1 is 1.12 bits per heavy atom. The fraction of sp³-hybridized carbons (Fsp3) is 0.704. The molecule has 34 heavy (non-hydrogen) atoms. The smallest absolute Gasteiger partial charge is 0.242 e. The number of hydrogen-bond acceptors (Lipinski definition) is 4. The number of benzene rings is 1. The molecule has 2 N–H and O–H groups in total. The highest BCUT2D eigenvalue weighted by atomic mass is 19.1. The second-order valence-electron chi connectivity index (χ2n) is 10.6. The minimum absolute atomic E-state index is 0.0136. The van der Waals surface area contributed by atoms with Gasteiger partial charge >= 0.3 is 0 Å². The van der Waals surface area contributed by atoms with Crippen LogP contribution < -0.4 is 10.6 Å². The van der Waals surface area contributed by atoms with E-state index in [1.807, 2.05) is 13.0 Å². The quantitative estimate of drug-likeness (QED) is 0.690. The molecule has 0 unspecified atom stereocenters. The Morgan fingerprint density at radius 2 is 1.88 bits per heavy atom. The second-order valence-corrected chi connectivity index (χ2v) is 10.6. The van der Waals surface area contributed by atoms with E-state index in [9.17, 15) is 14.0 Å². The zero-order chi connectivity index (χ0) is 24.6. The maximum absolute atomic E-state index is 13.7. The van der Waals surface area contributed by atoms with Gasteiger partial charge in [0.15, 0.2) is 0 Å². The van der Waals surface area contributed by atoms with Gasteiger partial charge in [-0.3, -0.25) is 14.5 Å². The van der Waals surface area contributed by atoms with Crippen LogP contribution in [0.4, 0.5) is 4.39 Å². The number of nitrogens with one attached hydrogen (secondary N) is 2. The molecule has 1 spiro atoms. The Hall–Kier alpha value is -1.99. The number of hydrogen-bond donors (Lipinski definition) is 2. The van der Waals surface area contributed by atoms with Crippen LogP contribution >= 0.6 is 0 Å². The van der Waals surface area contributed by atoms with E-state index in [0.717, 1.165) is 57.2 Å². The largest absolute Gasteiger partial charge is 0.379 e. The Kier molecular flexibility index (Phi) is 9.89. The van der Waals surface area contributed by atoms with Crippen molar-refractivity contribution >= 4 is 11.8 Å². The van der Waals surface area contributed by atoms with E-state index in [1.165, 1.54) is 6.07 Å². The second kappa shape index (κ2) is 12.6. The first-order chi connectivity index (χ1) is 16.3. The zero-order valence-electron chi connectivity index (χ0n) is 21.1. The fourth-order valence-corrected chi connectivity index (χ4v) is 5.13. The van der Waals surface area contributed by atoms with Crippen LogP contribution in [0.2, 0.25) is 0 Å². The number of rotatable bonds is 4. The summed E-state index contributed by atoms with van der Waals surface area (Å²) in [6.45, 7) is 9.48. The van der Waals surface area contributed by atoms with Gasteiger partial charge in [0.1, 0.15) is 11.9 Å². The highest BCUT2D eigenvalue weighted by Crippen LogP contribution is 2.38. The molecule has 190 valence electrons. The third-order valence-corrected chi connectivity index (χ3v) is 7.12. The average molecular weight is 476 g/mol. The maximum atomic E-state index is 13.7. The molecule has 7 heteroatoms. The Bertz CT molecular complexity index is 808. The summed E-state index contributed by atoms with van der Waals surface area (Å²) in [7, 11) is 0. The molecule has 2 fully saturated rings. The van der Waals surface area contributed by atoms with E-state index < -0.39 is 11.5 Å². The number of likely N-dealkylation sites (tertiary alicyclic amines) is 1. The summed E-state index contributed by atoms with van der Waals surface area (Å²) in [6, 6.07) is 6.09. The van der Waals surface area contributed by atoms with Crippen LogP contribution in [0.3, 0.4) is 0 Å². The standard InChI is InChI=1S/C27H42FN3O3/c1-20(2)16-24-25(32)29-21(3)19-34-15-6-4-5-10-27(26(33)30-24)11-13-31(14-12-27)18-22-8-7-9-23(28)17-22/h7-9,17,20-21,24H,4-6,10-16,18-19H2,1-3H3,(H,29,32)(H,30,33)/t21-,24+/m1/s1. The molecular formula is C27H42FN3O3. The fourth-order valence-electron chi connectivity index (χ4n) is 5.13. The summed E-state index contributed by atoms with van der Waals surface area (Å²) in [4.78, 5) is 29.0. The molecule has 0 aliphatic carbocycles. The molecule has 2 heterocycles. The van der Waals surface area contributed by atoms with Gasteiger partial charge in [0.2, 0.25) is 11.8 Å². The summed E-state index contributed by atoms with van der Waals surface area (Å²) in [5, 5.41) is 6.17. The molecule has 0 aromatic heterocycles. The van der Waals surface area contributed by atoms with Crippen molar-refractivity contribution < 1.29 is 18.7 Å². The van der Waals surface area contributed by atoms with Crippen LogP contribution in [-0.4, -0.2) is 55.1 Å². The van der Waals surface area contributed by atoms with Gasteiger partial charge in [0, 0.05) is 19.2 Å². The lowest BCUT2D eigenvalue weighted by Gasteiger charge is -2.41. The third kappa shape index (κ3) is 7.77. The summed E-state index contributed by atoms with van der Waals surface area (Å²) in [5.41, 5.74) is 0.485. The van der Waals surface area contributed by atoms with E-state index in [2.05, 4.69) is 29.4 Å². The molecule has 0 saturated carbocycles. The summed E-state index contributed by atoms with van der Waals surface area (Å²) in [5.74, 6) is -0.0525. The van der Waals surface area contributed by atoms with Crippen LogP contribution in [0, 0.1) is 17.2 Å². The van der Waals surface area contributed by atoms with Crippen LogP contribution in [0.1, 0.15) is 71.3 Å². The maximum Gasteiger partial charge on any atom is 0.242 e. The Labute approximate surface area is 204 Å². The number of nitrogens with zero attached hydrogens (tertiary/aromatic N) is 1. The van der Waals surface area contributed by atoms with Gasteiger partial charge in [0.25, 0.3) is 0 Å². The van der Waals surface area contributed by atoms with E-state index in [4.69, 9.17) is 4.74 Å². The van der Waals surface area contributed by atoms with E-state index in [-0.39, 0.29) is 29.6 Å². The topological polar surface area (TPSA) is 70.7 Å². The minimum atomic E-state index is -0.542. The first-order valence-electron chi connectivity index (χ1n) is 12.9. The number of ether oxygens (including phenoxy) is 1. The van der Waals surface area contributed by atoms with Crippen molar-refractivity contribution in [3.05, 3.63) is 35.6 Å². The van der Waals surface area contributed by atoms with Crippen LogP contribution in [0.15, 0.2) is 24.3 Å². The molecule has 1 aromatic carbocycles. The monoisotopic (exact) mass is 475 g/mol. The molecule has 6 nitrogen and oxygen atoms in total. The number of carbonyl (C=O) groups is 2. The average Bonchev–Trinajstić information content (AvgIpc) is 2.78. The van der Waals surface area contributed by atoms with Crippen molar-refractivity contribution in [2.75, 3.05) is 26.3 Å². The van der Waals surface area contributed by atoms with Crippen molar-refractivity contribution in [2.45, 2.75) is 84.3 Å². The minimum Gasteiger partial charge on any atom is -0.379 e. The summed E-state index contributed by atoms with van der Waals surface area (Å²) < 4.78 is 19.4. The van der Waals surface area contributed by atoms with Crippen LogP contribution in [0.25, 0.3) is 0 Å². The number of carbonyl (C=O) groups excluding carboxylic acids is 2. The van der Waals surface area contributed by atoms with E-state index in [1.54, 1.807) is 12.1 Å². The van der Waals surface area contributed by atoms with Crippen molar-refractivity contribution in [3.63, 3.8) is 0 Å². The molecule has 2 aliphatic heterocycles. The lowest BCUT2D eigenvalue weighted by molar-refractivity contribution is -0.139. The highest BCUT2D eigenvalue weighted by Gasteiger charge is 2.42. The molecule has 0 bridgehead atoms. The van der Waals surface area contributed by atoms with E-state index in [0.29, 0.717) is 26.2 Å². The summed E-state index contributed by atoms with van der Waals surface area (Å²) >= 11 is 0. The van der Waals surface area contributed by atoms with Gasteiger partial charge in [-0.15, -0.1) is 0 Å². The van der Waals surface area contributed by atoms with Gasteiger partial charge in [-0.05, 0) is 75.7 Å². The summed E-state index contributed by atoms with van der Waals surface area (Å²) in [6.07, 6.45) is 5.87. The lowest BCUT2D eigenvalue weighted by atomic mass is 9.73. The lowest BCUT2D eigenvalue weighted by Crippen LogP contribution is -2.56. The van der Waals surface area contributed by atoms with Gasteiger partial charge < -0.3 is 15.4 Å². The van der Waals surface area contributed by atoms with Crippen molar-refractivity contribution in [3.8, 4) is 0 Å². The van der Waals surface area contributed by atoms with Crippen LogP contribution in [-0.2, 0) is 20.9 Å². The first-order valence-corrected chi connectivity index (χ1v) is 12.9. The predicted octanol–water partition coefficient (Wildman–Crippen LogP) is 4.03. The van der Waals surface area contributed by atoms with Crippen molar-refractivity contribution in [1.29, 1.82) is 0 Å². The molecule has 3 rings (SSSR count). The van der Waals surface area contributed by atoms with Gasteiger partial charge in [0.05, 0.1) is 12.0 Å².